The molecule has 0 N–H and O–H groups in total. The minimum atomic E-state index is -1.59. The van der Waals surface area contributed by atoms with Crippen molar-refractivity contribution in [3.8, 4) is 0 Å². The predicted molar refractivity (Wildman–Crippen MR) is 53.4 cm³/mol. The van der Waals surface area contributed by atoms with Crippen LogP contribution in [0.4, 0.5) is 0 Å². The second kappa shape index (κ2) is 9.59. The molecule has 0 aliphatic carbocycles. The molecule has 1 atom stereocenters. The first-order valence-electron chi connectivity index (χ1n) is 4.12. The maximum Gasteiger partial charge on any atom is 4.00 e. The number of carbonyl (C=O) groups excluding carboxylic acids is 1. The van der Waals surface area contributed by atoms with E-state index in [0.717, 1.165) is 13.0 Å². The molecule has 7 nitrogen and oxygen atoms in total. The summed E-state index contributed by atoms with van der Waals surface area (Å²) in [5.74, 6) is -2.78. The molecular formula is C9H8N2O5Se. The van der Waals surface area contributed by atoms with Gasteiger partial charge in [-0.2, -0.15) is 0 Å². The van der Waals surface area contributed by atoms with Crippen molar-refractivity contribution in [1.82, 2.24) is 0 Å². The van der Waals surface area contributed by atoms with Crippen LogP contribution in [0.1, 0.15) is 6.92 Å². The summed E-state index contributed by atoms with van der Waals surface area (Å²) in [7, 11) is 0. The monoisotopic (exact) mass is 304 g/mol. The summed E-state index contributed by atoms with van der Waals surface area (Å²) >= 11 is 0. The standard InChI is InChI=1S/C6H6N2O2.C3H5O3.Se/c9-6(10)2-1-5-3-7-4-8-5;1-2(4)3(5)6;/h1-4,9-10H;2H,1H3,(H,5,6);/q;-1;+4/p-3/b5-1-;;. The Hall–Kier alpha value is -1.63. The van der Waals surface area contributed by atoms with Crippen molar-refractivity contribution in [2.45, 2.75) is 13.0 Å². The largest absolute Gasteiger partial charge is 4.00 e. The second-order valence-electron chi connectivity index (χ2n) is 2.56. The van der Waals surface area contributed by atoms with Crippen LogP contribution >= 0.6 is 0 Å². The van der Waals surface area contributed by atoms with Crippen molar-refractivity contribution in [2.24, 2.45) is 9.98 Å². The Kier molecular flexibility index (Phi) is 10.0. The van der Waals surface area contributed by atoms with Gasteiger partial charge in [-0.1, -0.05) is 19.1 Å². The van der Waals surface area contributed by atoms with Crippen LogP contribution in [0, 0.1) is 0 Å². The molecule has 1 unspecified atom stereocenters. The van der Waals surface area contributed by atoms with Crippen molar-refractivity contribution in [3.05, 3.63) is 23.8 Å². The number of hydrogen-bond acceptors (Lipinski definition) is 7. The maximum atomic E-state index is 9.85. The van der Waals surface area contributed by atoms with Gasteiger partial charge < -0.3 is 25.2 Å². The molecule has 0 amide bonds. The number of carboxylic acid groups (broad SMARTS) is 1. The summed E-state index contributed by atoms with van der Waals surface area (Å²) in [6.07, 6.45) is 3.44. The molecule has 0 saturated carbocycles. The maximum absolute atomic E-state index is 9.85. The van der Waals surface area contributed by atoms with Crippen LogP contribution in [0.2, 0.25) is 0 Å². The van der Waals surface area contributed by atoms with Gasteiger partial charge in [-0.05, 0) is 6.08 Å². The van der Waals surface area contributed by atoms with Gasteiger partial charge >= 0.3 is 17.1 Å². The molecule has 0 fully saturated rings. The number of allylic oxidation sites excluding steroid dienone is 3. The van der Waals surface area contributed by atoms with E-state index < -0.39 is 18.0 Å². The number of aliphatic carboxylic acids is 1. The molecule has 1 aliphatic rings. The van der Waals surface area contributed by atoms with Gasteiger partial charge in [0.25, 0.3) is 0 Å². The Balaban J connectivity index is 0. The Bertz CT molecular complexity index is 342. The van der Waals surface area contributed by atoms with Gasteiger partial charge in [0.15, 0.2) is 0 Å². The molecule has 8 heteroatoms. The Labute approximate surface area is 108 Å². The normalized spacial score (nSPS) is 15.5. The molecule has 0 aromatic carbocycles. The van der Waals surface area contributed by atoms with E-state index in [1.807, 2.05) is 0 Å². The fraction of sp³-hybridized carbons (Fsp3) is 0.222. The van der Waals surface area contributed by atoms with Gasteiger partial charge in [0.2, 0.25) is 0 Å². The topological polar surface area (TPSA) is 134 Å². The SMILES string of the molecule is CC([O-])C(=O)[O-].[O-]C([O-])=C/C=C1/C=NC=N1.[Se+4]. The first-order chi connectivity index (χ1) is 7.43. The van der Waals surface area contributed by atoms with Crippen molar-refractivity contribution < 1.29 is 25.2 Å². The summed E-state index contributed by atoms with van der Waals surface area (Å²) in [6, 6.07) is 0. The van der Waals surface area contributed by atoms with Crippen molar-refractivity contribution in [1.29, 1.82) is 0 Å². The van der Waals surface area contributed by atoms with Gasteiger partial charge in [-0.25, -0.2) is 15.9 Å². The van der Waals surface area contributed by atoms with Gasteiger partial charge in [-0.3, -0.25) is 0 Å². The van der Waals surface area contributed by atoms with E-state index in [2.05, 4.69) is 9.98 Å². The quantitative estimate of drug-likeness (QED) is 0.375. The van der Waals surface area contributed by atoms with E-state index in [1.165, 1.54) is 18.6 Å². The van der Waals surface area contributed by atoms with Crippen LogP contribution in [0.3, 0.4) is 0 Å². The first kappa shape index (κ1) is 17.8. The number of nitrogens with zero attached hydrogens (tertiary/aromatic N) is 2. The average molecular weight is 303 g/mol. The van der Waals surface area contributed by atoms with E-state index >= 15 is 0 Å². The molecule has 0 bridgehead atoms. The zero-order valence-corrected chi connectivity index (χ0v) is 10.4. The van der Waals surface area contributed by atoms with E-state index in [4.69, 9.17) is 0 Å². The smallest absolute Gasteiger partial charge is 0.884 e. The van der Waals surface area contributed by atoms with Crippen LogP contribution in [0.15, 0.2) is 33.8 Å². The number of rotatable bonds is 2. The number of carbonyl (C=O) groups is 1. The summed E-state index contributed by atoms with van der Waals surface area (Å²) in [5, 5.41) is 38.5. The third kappa shape index (κ3) is 10.6. The van der Waals surface area contributed by atoms with Crippen LogP contribution in [-0.4, -0.2) is 41.7 Å². The van der Waals surface area contributed by atoms with Crippen molar-refractivity contribution in [3.63, 3.8) is 0 Å². The van der Waals surface area contributed by atoms with Gasteiger partial charge in [0, 0.05) is 5.97 Å². The molecule has 1 rings (SSSR count). The van der Waals surface area contributed by atoms with Crippen molar-refractivity contribution >= 4 is 35.6 Å². The van der Waals surface area contributed by atoms with Crippen LogP contribution in [0.25, 0.3) is 0 Å². The number of hydrogen-bond donors (Lipinski definition) is 0. The molecular weight excluding hydrogens is 295 g/mol. The van der Waals surface area contributed by atoms with Crippen LogP contribution < -0.4 is 20.4 Å². The fourth-order valence-corrected chi connectivity index (χ4v) is 0.483. The van der Waals surface area contributed by atoms with Crippen LogP contribution in [0.5, 0.6) is 0 Å². The molecule has 17 heavy (non-hydrogen) atoms. The van der Waals surface area contributed by atoms with Crippen molar-refractivity contribution in [2.75, 3.05) is 0 Å². The summed E-state index contributed by atoms with van der Waals surface area (Å²) in [4.78, 5) is 16.6. The summed E-state index contributed by atoms with van der Waals surface area (Å²) in [5.41, 5.74) is 0.518. The fourth-order valence-electron chi connectivity index (χ4n) is 0.483. The Morgan fingerprint density at radius 1 is 1.41 bits per heavy atom. The van der Waals surface area contributed by atoms with E-state index in [1.54, 1.807) is 0 Å². The molecule has 0 saturated heterocycles. The van der Waals surface area contributed by atoms with Gasteiger partial charge in [-0.15, -0.1) is 0 Å². The molecule has 90 valence electrons. The summed E-state index contributed by atoms with van der Waals surface area (Å²) < 4.78 is 0. The molecule has 0 spiro atoms. The Morgan fingerprint density at radius 3 is 2.24 bits per heavy atom. The minimum Gasteiger partial charge on any atom is -0.884 e. The van der Waals surface area contributed by atoms with Gasteiger partial charge in [0.1, 0.15) is 6.34 Å². The van der Waals surface area contributed by atoms with Gasteiger partial charge in [0.05, 0.1) is 11.9 Å². The molecule has 2 radical (unpaired) electrons. The third-order valence-electron chi connectivity index (χ3n) is 1.20. The molecule has 0 aromatic heterocycles. The third-order valence-corrected chi connectivity index (χ3v) is 1.20. The predicted octanol–water partition coefficient (Wildman–Crippen LogP) is -4.35. The summed E-state index contributed by atoms with van der Waals surface area (Å²) in [6.45, 7) is 1.02. The molecule has 0 aromatic rings. The number of carboxylic acids is 1. The molecule has 1 aliphatic heterocycles. The zero-order valence-electron chi connectivity index (χ0n) is 8.73. The minimum absolute atomic E-state index is 0. The van der Waals surface area contributed by atoms with E-state index in [9.17, 15) is 25.2 Å². The zero-order chi connectivity index (χ0) is 12.6. The number of aliphatic imine (C=N–C) groups is 2. The van der Waals surface area contributed by atoms with E-state index in [-0.39, 0.29) is 17.1 Å². The molecule has 1 heterocycles. The average Bonchev–Trinajstić information content (AvgIpc) is 2.67. The van der Waals surface area contributed by atoms with E-state index in [0.29, 0.717) is 5.70 Å². The second-order valence-corrected chi connectivity index (χ2v) is 2.56. The first-order valence-corrected chi connectivity index (χ1v) is 4.12. The Morgan fingerprint density at radius 2 is 1.94 bits per heavy atom. The van der Waals surface area contributed by atoms with Crippen LogP contribution in [-0.2, 0) is 4.79 Å².